The number of halogens is 1. The fraction of sp³-hybridized carbons (Fsp3) is 0.333. The third kappa shape index (κ3) is 3.98. The standard InChI is InChI=1S/C15H18BrNOS/c1-3-9-18-13-6-4-12(5-7-13)17-11(2)15-14(16)8-10-19-15/h4-8,10-11,17H,3,9H2,1-2H3. The van der Waals surface area contributed by atoms with Gasteiger partial charge in [-0.05, 0) is 65.0 Å². The Kier molecular flexibility index (Phi) is 5.28. The minimum atomic E-state index is 0.289. The molecule has 0 saturated heterocycles. The number of anilines is 1. The van der Waals surface area contributed by atoms with Crippen LogP contribution in [0.1, 0.15) is 31.2 Å². The van der Waals surface area contributed by atoms with Crippen molar-refractivity contribution in [1.82, 2.24) is 0 Å². The molecule has 0 aliphatic rings. The van der Waals surface area contributed by atoms with Gasteiger partial charge in [0.1, 0.15) is 5.75 Å². The van der Waals surface area contributed by atoms with Crippen LogP contribution in [0.15, 0.2) is 40.2 Å². The van der Waals surface area contributed by atoms with Gasteiger partial charge in [0.15, 0.2) is 0 Å². The van der Waals surface area contributed by atoms with E-state index in [1.54, 1.807) is 11.3 Å². The van der Waals surface area contributed by atoms with E-state index in [4.69, 9.17) is 4.74 Å². The molecule has 1 atom stereocenters. The highest BCUT2D eigenvalue weighted by Gasteiger charge is 2.10. The summed E-state index contributed by atoms with van der Waals surface area (Å²) in [4.78, 5) is 1.31. The molecule has 102 valence electrons. The zero-order chi connectivity index (χ0) is 13.7. The monoisotopic (exact) mass is 339 g/mol. The van der Waals surface area contributed by atoms with Gasteiger partial charge in [0.25, 0.3) is 0 Å². The first-order valence-electron chi connectivity index (χ1n) is 6.43. The highest BCUT2D eigenvalue weighted by atomic mass is 79.9. The molecule has 0 radical (unpaired) electrons. The molecule has 2 aromatic rings. The highest BCUT2D eigenvalue weighted by Crippen LogP contribution is 2.31. The van der Waals surface area contributed by atoms with E-state index >= 15 is 0 Å². The van der Waals surface area contributed by atoms with E-state index in [2.05, 4.69) is 58.7 Å². The maximum atomic E-state index is 5.57. The van der Waals surface area contributed by atoms with Crippen molar-refractivity contribution in [2.75, 3.05) is 11.9 Å². The smallest absolute Gasteiger partial charge is 0.119 e. The normalized spacial score (nSPS) is 12.2. The average Bonchev–Trinajstić information content (AvgIpc) is 2.84. The van der Waals surface area contributed by atoms with Gasteiger partial charge in [-0.2, -0.15) is 0 Å². The molecule has 1 aromatic carbocycles. The Morgan fingerprint density at radius 3 is 2.58 bits per heavy atom. The molecule has 0 spiro atoms. The van der Waals surface area contributed by atoms with Crippen LogP contribution in [-0.4, -0.2) is 6.61 Å². The van der Waals surface area contributed by atoms with Gasteiger partial charge >= 0.3 is 0 Å². The topological polar surface area (TPSA) is 21.3 Å². The van der Waals surface area contributed by atoms with Crippen LogP contribution >= 0.6 is 27.3 Å². The molecule has 0 aliphatic heterocycles. The van der Waals surface area contributed by atoms with E-state index in [0.29, 0.717) is 0 Å². The minimum absolute atomic E-state index is 0.289. The van der Waals surface area contributed by atoms with Crippen molar-refractivity contribution in [3.63, 3.8) is 0 Å². The van der Waals surface area contributed by atoms with Crippen molar-refractivity contribution < 1.29 is 4.74 Å². The number of hydrogen-bond acceptors (Lipinski definition) is 3. The Bertz CT molecular complexity index is 509. The largest absolute Gasteiger partial charge is 0.494 e. The van der Waals surface area contributed by atoms with Gasteiger partial charge in [-0.1, -0.05) is 6.92 Å². The summed E-state index contributed by atoms with van der Waals surface area (Å²) >= 11 is 5.33. The van der Waals surface area contributed by atoms with Gasteiger partial charge in [0, 0.05) is 15.0 Å². The number of nitrogens with one attached hydrogen (secondary N) is 1. The number of ether oxygens (including phenoxy) is 1. The first-order chi connectivity index (χ1) is 9.20. The lowest BCUT2D eigenvalue weighted by atomic mass is 10.2. The van der Waals surface area contributed by atoms with Crippen molar-refractivity contribution in [1.29, 1.82) is 0 Å². The minimum Gasteiger partial charge on any atom is -0.494 e. The fourth-order valence-electron chi connectivity index (χ4n) is 1.80. The predicted molar refractivity (Wildman–Crippen MR) is 86.3 cm³/mol. The molecular formula is C15H18BrNOS. The van der Waals surface area contributed by atoms with Gasteiger partial charge in [-0.3, -0.25) is 0 Å². The molecule has 0 aliphatic carbocycles. The van der Waals surface area contributed by atoms with Crippen molar-refractivity contribution >= 4 is 33.0 Å². The lowest BCUT2D eigenvalue weighted by Gasteiger charge is -2.15. The zero-order valence-corrected chi connectivity index (χ0v) is 13.6. The van der Waals surface area contributed by atoms with Crippen molar-refractivity contribution in [3.05, 3.63) is 45.1 Å². The van der Waals surface area contributed by atoms with Gasteiger partial charge in [0.05, 0.1) is 12.6 Å². The second kappa shape index (κ2) is 6.96. The van der Waals surface area contributed by atoms with Crippen LogP contribution in [-0.2, 0) is 0 Å². The molecule has 1 heterocycles. The zero-order valence-electron chi connectivity index (χ0n) is 11.2. The molecule has 19 heavy (non-hydrogen) atoms. The lowest BCUT2D eigenvalue weighted by molar-refractivity contribution is 0.317. The Morgan fingerprint density at radius 2 is 2.00 bits per heavy atom. The Balaban J connectivity index is 1.97. The molecule has 2 nitrogen and oxygen atoms in total. The van der Waals surface area contributed by atoms with Crippen LogP contribution in [0.4, 0.5) is 5.69 Å². The Labute approximate surface area is 126 Å². The molecule has 0 saturated carbocycles. The number of hydrogen-bond donors (Lipinski definition) is 1. The number of rotatable bonds is 6. The Hall–Kier alpha value is -1.00. The summed E-state index contributed by atoms with van der Waals surface area (Å²) in [5.41, 5.74) is 1.11. The first-order valence-corrected chi connectivity index (χ1v) is 8.10. The number of thiophene rings is 1. The van der Waals surface area contributed by atoms with Gasteiger partial charge in [0.2, 0.25) is 0 Å². The van der Waals surface area contributed by atoms with Crippen LogP contribution in [0, 0.1) is 0 Å². The van der Waals surface area contributed by atoms with Crippen molar-refractivity contribution in [2.45, 2.75) is 26.3 Å². The molecule has 2 rings (SSSR count). The summed E-state index contributed by atoms with van der Waals surface area (Å²) < 4.78 is 6.74. The maximum absolute atomic E-state index is 5.57. The quantitative estimate of drug-likeness (QED) is 0.753. The third-order valence-electron chi connectivity index (χ3n) is 2.75. The maximum Gasteiger partial charge on any atom is 0.119 e. The van der Waals surface area contributed by atoms with Gasteiger partial charge < -0.3 is 10.1 Å². The molecule has 0 bridgehead atoms. The molecule has 1 unspecified atom stereocenters. The summed E-state index contributed by atoms with van der Waals surface area (Å²) in [5.74, 6) is 0.928. The van der Waals surface area contributed by atoms with Gasteiger partial charge in [-0.15, -0.1) is 11.3 Å². The van der Waals surface area contributed by atoms with Gasteiger partial charge in [-0.25, -0.2) is 0 Å². The van der Waals surface area contributed by atoms with E-state index in [1.165, 1.54) is 9.35 Å². The summed E-state index contributed by atoms with van der Waals surface area (Å²) in [6, 6.07) is 10.5. The Morgan fingerprint density at radius 1 is 1.26 bits per heavy atom. The lowest BCUT2D eigenvalue weighted by Crippen LogP contribution is -2.05. The summed E-state index contributed by atoms with van der Waals surface area (Å²) in [6.07, 6.45) is 1.03. The molecule has 0 fully saturated rings. The highest BCUT2D eigenvalue weighted by molar-refractivity contribution is 9.10. The molecule has 4 heteroatoms. The second-order valence-electron chi connectivity index (χ2n) is 4.37. The molecule has 1 N–H and O–H groups in total. The van der Waals surface area contributed by atoms with Crippen molar-refractivity contribution in [2.24, 2.45) is 0 Å². The van der Waals surface area contributed by atoms with E-state index in [1.807, 2.05) is 12.1 Å². The molecule has 1 aromatic heterocycles. The summed E-state index contributed by atoms with van der Waals surface area (Å²) in [5, 5.41) is 5.59. The van der Waals surface area contributed by atoms with E-state index < -0.39 is 0 Å². The van der Waals surface area contributed by atoms with E-state index in [-0.39, 0.29) is 6.04 Å². The van der Waals surface area contributed by atoms with E-state index in [0.717, 1.165) is 24.5 Å². The first kappa shape index (κ1) is 14.4. The van der Waals surface area contributed by atoms with Crippen LogP contribution < -0.4 is 10.1 Å². The molecule has 0 amide bonds. The van der Waals surface area contributed by atoms with Crippen LogP contribution in [0.2, 0.25) is 0 Å². The van der Waals surface area contributed by atoms with E-state index in [9.17, 15) is 0 Å². The van der Waals surface area contributed by atoms with Crippen LogP contribution in [0.25, 0.3) is 0 Å². The van der Waals surface area contributed by atoms with Crippen LogP contribution in [0.5, 0.6) is 5.75 Å². The van der Waals surface area contributed by atoms with Crippen molar-refractivity contribution in [3.8, 4) is 5.75 Å². The third-order valence-corrected chi connectivity index (χ3v) is 4.80. The average molecular weight is 340 g/mol. The second-order valence-corrected chi connectivity index (χ2v) is 6.17. The number of benzene rings is 1. The predicted octanol–water partition coefficient (Wildman–Crippen LogP) is 5.47. The van der Waals surface area contributed by atoms with Crippen LogP contribution in [0.3, 0.4) is 0 Å². The fourth-order valence-corrected chi connectivity index (χ4v) is 3.52. The molecular weight excluding hydrogens is 322 g/mol. The SMILES string of the molecule is CCCOc1ccc(NC(C)c2sccc2Br)cc1. The summed E-state index contributed by atoms with van der Waals surface area (Å²) in [7, 11) is 0. The summed E-state index contributed by atoms with van der Waals surface area (Å²) in [6.45, 7) is 5.04.